The molecule has 1 aliphatic rings. The first kappa shape index (κ1) is 15.9. The maximum absolute atomic E-state index is 11.8. The van der Waals surface area contributed by atoms with Crippen molar-refractivity contribution in [2.45, 2.75) is 32.7 Å². The summed E-state index contributed by atoms with van der Waals surface area (Å²) in [7, 11) is 0. The number of hydrogen-bond acceptors (Lipinski definition) is 4. The highest BCUT2D eigenvalue weighted by Gasteiger charge is 2.44. The highest BCUT2D eigenvalue weighted by atomic mass is 16.4. The molecule has 1 saturated heterocycles. The number of nitrogens with zero attached hydrogens (tertiary/aromatic N) is 1. The monoisotopic (exact) mass is 285 g/mol. The molecule has 0 spiro atoms. The quantitative estimate of drug-likeness (QED) is 0.571. The summed E-state index contributed by atoms with van der Waals surface area (Å²) in [5.41, 5.74) is -1.02. The molecule has 8 heteroatoms. The summed E-state index contributed by atoms with van der Waals surface area (Å²) in [6.45, 7) is 4.35. The van der Waals surface area contributed by atoms with Gasteiger partial charge in [0.25, 0.3) is 5.91 Å². The van der Waals surface area contributed by atoms with E-state index in [1.807, 2.05) is 0 Å². The molecule has 1 atom stereocenters. The van der Waals surface area contributed by atoms with Crippen molar-refractivity contribution in [2.75, 3.05) is 13.1 Å². The number of nitrogens with one attached hydrogen (secondary N) is 2. The Morgan fingerprint density at radius 1 is 1.40 bits per heavy atom. The Labute approximate surface area is 116 Å². The van der Waals surface area contributed by atoms with Crippen LogP contribution in [0.1, 0.15) is 27.2 Å². The van der Waals surface area contributed by atoms with Gasteiger partial charge in [-0.2, -0.15) is 0 Å². The molecular formula is C12H19N3O5. The first-order valence-corrected chi connectivity index (χ1v) is 6.32. The molecule has 112 valence electrons. The van der Waals surface area contributed by atoms with E-state index in [4.69, 9.17) is 5.11 Å². The minimum atomic E-state index is -1.02. The van der Waals surface area contributed by atoms with Crippen molar-refractivity contribution in [3.8, 4) is 0 Å². The highest BCUT2D eigenvalue weighted by molar-refractivity contribution is 6.08. The van der Waals surface area contributed by atoms with E-state index in [1.54, 1.807) is 20.8 Å². The van der Waals surface area contributed by atoms with Gasteiger partial charge in [-0.15, -0.1) is 0 Å². The van der Waals surface area contributed by atoms with E-state index < -0.39 is 41.8 Å². The topological polar surface area (TPSA) is 116 Å². The molecular weight excluding hydrogens is 266 g/mol. The van der Waals surface area contributed by atoms with Gasteiger partial charge in [0.2, 0.25) is 5.91 Å². The minimum absolute atomic E-state index is 0.0301. The lowest BCUT2D eigenvalue weighted by Gasteiger charge is -2.16. The van der Waals surface area contributed by atoms with Crippen molar-refractivity contribution in [2.24, 2.45) is 5.92 Å². The normalized spacial score (nSPS) is 18.6. The predicted molar refractivity (Wildman–Crippen MR) is 68.8 cm³/mol. The Morgan fingerprint density at radius 3 is 2.40 bits per heavy atom. The molecule has 1 aliphatic heterocycles. The molecule has 0 saturated carbocycles. The van der Waals surface area contributed by atoms with Gasteiger partial charge in [0, 0.05) is 6.54 Å². The van der Waals surface area contributed by atoms with Crippen molar-refractivity contribution >= 4 is 23.8 Å². The van der Waals surface area contributed by atoms with Crippen LogP contribution in [0.4, 0.5) is 4.79 Å². The molecule has 3 N–H and O–H groups in total. The molecule has 0 aliphatic carbocycles. The van der Waals surface area contributed by atoms with Crippen molar-refractivity contribution in [3.63, 3.8) is 0 Å². The van der Waals surface area contributed by atoms with E-state index >= 15 is 0 Å². The first-order valence-electron chi connectivity index (χ1n) is 6.32. The van der Waals surface area contributed by atoms with Gasteiger partial charge in [0.1, 0.15) is 12.1 Å². The average Bonchev–Trinajstić information content (AvgIpc) is 2.52. The van der Waals surface area contributed by atoms with Crippen LogP contribution in [0, 0.1) is 5.92 Å². The summed E-state index contributed by atoms with van der Waals surface area (Å²) in [6.07, 6.45) is 0.381. The van der Waals surface area contributed by atoms with E-state index in [1.165, 1.54) is 0 Å². The van der Waals surface area contributed by atoms with Crippen LogP contribution in [0.5, 0.6) is 0 Å². The second-order valence-electron chi connectivity index (χ2n) is 5.19. The van der Waals surface area contributed by atoms with Crippen LogP contribution < -0.4 is 10.6 Å². The van der Waals surface area contributed by atoms with Crippen molar-refractivity contribution < 1.29 is 24.3 Å². The zero-order valence-corrected chi connectivity index (χ0v) is 11.7. The zero-order valence-electron chi connectivity index (χ0n) is 11.7. The minimum Gasteiger partial charge on any atom is -0.481 e. The smallest absolute Gasteiger partial charge is 0.325 e. The largest absolute Gasteiger partial charge is 0.481 e. The summed E-state index contributed by atoms with van der Waals surface area (Å²) in [6, 6.07) is -0.625. The van der Waals surface area contributed by atoms with Crippen LogP contribution in [-0.2, 0) is 14.4 Å². The number of hydrogen-bond donors (Lipinski definition) is 3. The van der Waals surface area contributed by atoms with Crippen LogP contribution in [0.25, 0.3) is 0 Å². The first-order chi connectivity index (χ1) is 9.19. The SMILES string of the molecule is CCC(CNC(=O)CN1C(=O)NC(C)(C)C1=O)C(=O)O. The lowest BCUT2D eigenvalue weighted by Crippen LogP contribution is -2.44. The molecule has 4 amide bonds. The second kappa shape index (κ2) is 5.89. The van der Waals surface area contributed by atoms with Gasteiger partial charge in [0.15, 0.2) is 0 Å². The van der Waals surface area contributed by atoms with E-state index in [0.29, 0.717) is 6.42 Å². The highest BCUT2D eigenvalue weighted by Crippen LogP contribution is 2.15. The molecule has 1 heterocycles. The van der Waals surface area contributed by atoms with Crippen molar-refractivity contribution in [3.05, 3.63) is 0 Å². The molecule has 0 aromatic carbocycles. The summed E-state index contributed by atoms with van der Waals surface area (Å²) < 4.78 is 0. The van der Waals surface area contributed by atoms with E-state index in [2.05, 4.69) is 10.6 Å². The van der Waals surface area contributed by atoms with E-state index in [0.717, 1.165) is 4.90 Å². The van der Waals surface area contributed by atoms with Crippen LogP contribution in [0.2, 0.25) is 0 Å². The molecule has 20 heavy (non-hydrogen) atoms. The second-order valence-corrected chi connectivity index (χ2v) is 5.19. The van der Waals surface area contributed by atoms with Crippen LogP contribution in [0.15, 0.2) is 0 Å². The number of aliphatic carboxylic acids is 1. The van der Waals surface area contributed by atoms with Crippen molar-refractivity contribution in [1.29, 1.82) is 0 Å². The van der Waals surface area contributed by atoms with E-state index in [-0.39, 0.29) is 6.54 Å². The fraction of sp³-hybridized carbons (Fsp3) is 0.667. The molecule has 0 aromatic rings. The molecule has 0 aromatic heterocycles. The third-order valence-electron chi connectivity index (χ3n) is 3.13. The number of rotatable bonds is 6. The standard InChI is InChI=1S/C12H19N3O5/c1-4-7(9(17)18)5-13-8(16)6-15-10(19)12(2,3)14-11(15)20/h7H,4-6H2,1-3H3,(H,13,16)(H,14,20)(H,17,18). The Bertz CT molecular complexity index is 446. The number of urea groups is 1. The summed E-state index contributed by atoms with van der Waals surface area (Å²) in [4.78, 5) is 46.7. The van der Waals surface area contributed by atoms with Gasteiger partial charge in [-0.05, 0) is 20.3 Å². The molecule has 1 unspecified atom stereocenters. The van der Waals surface area contributed by atoms with Crippen LogP contribution in [-0.4, -0.2) is 52.4 Å². The maximum atomic E-state index is 11.8. The van der Waals surface area contributed by atoms with E-state index in [9.17, 15) is 19.2 Å². The third-order valence-corrected chi connectivity index (χ3v) is 3.13. The number of amides is 4. The van der Waals surface area contributed by atoms with Gasteiger partial charge < -0.3 is 15.7 Å². The molecule has 0 bridgehead atoms. The fourth-order valence-corrected chi connectivity index (χ4v) is 1.80. The molecule has 1 rings (SSSR count). The lowest BCUT2D eigenvalue weighted by atomic mass is 10.1. The number of carbonyl (C=O) groups excluding carboxylic acids is 3. The summed E-state index contributed by atoms with van der Waals surface area (Å²) >= 11 is 0. The zero-order chi connectivity index (χ0) is 15.5. The Hall–Kier alpha value is -2.12. The Kier molecular flexibility index (Phi) is 4.69. The van der Waals surface area contributed by atoms with Gasteiger partial charge in [-0.3, -0.25) is 19.3 Å². The predicted octanol–water partition coefficient (Wildman–Crippen LogP) is -0.456. The number of carboxylic acid groups (broad SMARTS) is 1. The molecule has 0 radical (unpaired) electrons. The number of carboxylic acids is 1. The van der Waals surface area contributed by atoms with Gasteiger partial charge >= 0.3 is 12.0 Å². The van der Waals surface area contributed by atoms with Crippen LogP contribution >= 0.6 is 0 Å². The lowest BCUT2D eigenvalue weighted by molar-refractivity contribution is -0.142. The third kappa shape index (κ3) is 3.46. The Balaban J connectivity index is 2.53. The van der Waals surface area contributed by atoms with Crippen LogP contribution in [0.3, 0.4) is 0 Å². The number of carbonyl (C=O) groups is 4. The van der Waals surface area contributed by atoms with Gasteiger partial charge in [-0.1, -0.05) is 6.92 Å². The maximum Gasteiger partial charge on any atom is 0.325 e. The van der Waals surface area contributed by atoms with Crippen molar-refractivity contribution in [1.82, 2.24) is 15.5 Å². The van der Waals surface area contributed by atoms with Gasteiger partial charge in [-0.25, -0.2) is 4.79 Å². The molecule has 1 fully saturated rings. The molecule has 8 nitrogen and oxygen atoms in total. The van der Waals surface area contributed by atoms with Gasteiger partial charge in [0.05, 0.1) is 5.92 Å². The summed E-state index contributed by atoms with van der Waals surface area (Å²) in [5.74, 6) is -2.73. The number of imide groups is 1. The average molecular weight is 285 g/mol. The fourth-order valence-electron chi connectivity index (χ4n) is 1.80. The summed E-state index contributed by atoms with van der Waals surface area (Å²) in [5, 5.41) is 13.7. The Morgan fingerprint density at radius 2 is 2.00 bits per heavy atom.